The third kappa shape index (κ3) is 2.17. The van der Waals surface area contributed by atoms with Crippen LogP contribution in [0.5, 0.6) is 11.5 Å². The first-order valence-electron chi connectivity index (χ1n) is 4.36. The molecule has 0 aliphatic carbocycles. The Bertz CT molecular complexity index is 524. The van der Waals surface area contributed by atoms with Crippen LogP contribution in [0.3, 0.4) is 0 Å². The van der Waals surface area contributed by atoms with Gasteiger partial charge in [-0.1, -0.05) is 6.07 Å². The lowest BCUT2D eigenvalue weighted by atomic mass is 10.3. The zero-order valence-corrected chi connectivity index (χ0v) is 8.00. The van der Waals surface area contributed by atoms with E-state index in [-0.39, 0.29) is 11.5 Å². The molecule has 1 N–H and O–H groups in total. The monoisotopic (exact) mass is 222 g/mol. The third-order valence-electron chi connectivity index (χ3n) is 1.79. The topological polar surface area (TPSA) is 64.3 Å². The van der Waals surface area contributed by atoms with E-state index < -0.39 is 11.9 Å². The lowest BCUT2D eigenvalue weighted by Gasteiger charge is -2.01. The summed E-state index contributed by atoms with van der Waals surface area (Å²) in [7, 11) is 0. The summed E-state index contributed by atoms with van der Waals surface area (Å²) in [6.07, 6.45) is 1.21. The van der Waals surface area contributed by atoms with Crippen LogP contribution in [0.15, 0.2) is 36.7 Å². The van der Waals surface area contributed by atoms with Crippen LogP contribution >= 0.6 is 0 Å². The van der Waals surface area contributed by atoms with Gasteiger partial charge < -0.3 is 9.84 Å². The Morgan fingerprint density at radius 2 is 2.25 bits per heavy atom. The van der Waals surface area contributed by atoms with Crippen LogP contribution in [-0.2, 0) is 0 Å². The Hall–Kier alpha value is -2.37. The van der Waals surface area contributed by atoms with Gasteiger partial charge in [-0.2, -0.15) is 9.78 Å². The standard InChI is InChI=1S/C10H7FN2O3/c11-7-2-1-3-8(4-7)16-9-5-12-13(6-9)10(14)15/h1-6H,(H,14,15). The molecule has 0 atom stereocenters. The maximum Gasteiger partial charge on any atom is 0.432 e. The van der Waals surface area contributed by atoms with Crippen LogP contribution in [0, 0.1) is 5.82 Å². The molecular formula is C10H7FN2O3. The number of halogens is 1. The van der Waals surface area contributed by atoms with E-state index in [9.17, 15) is 9.18 Å². The van der Waals surface area contributed by atoms with E-state index in [1.54, 1.807) is 6.07 Å². The molecule has 6 heteroatoms. The second-order valence-electron chi connectivity index (χ2n) is 2.96. The molecule has 0 fully saturated rings. The second kappa shape index (κ2) is 4.01. The summed E-state index contributed by atoms with van der Waals surface area (Å²) in [6, 6.07) is 5.53. The fraction of sp³-hybridized carbons (Fsp3) is 0. The van der Waals surface area contributed by atoms with Crippen LogP contribution in [0.25, 0.3) is 0 Å². The highest BCUT2D eigenvalue weighted by Crippen LogP contribution is 2.20. The van der Waals surface area contributed by atoms with E-state index in [4.69, 9.17) is 9.84 Å². The molecule has 1 heterocycles. The Morgan fingerprint density at radius 3 is 2.88 bits per heavy atom. The van der Waals surface area contributed by atoms with E-state index in [0.29, 0.717) is 4.68 Å². The zero-order valence-electron chi connectivity index (χ0n) is 8.00. The maximum absolute atomic E-state index is 12.8. The highest BCUT2D eigenvalue weighted by molar-refractivity contribution is 5.66. The first-order valence-corrected chi connectivity index (χ1v) is 4.36. The third-order valence-corrected chi connectivity index (χ3v) is 1.79. The summed E-state index contributed by atoms with van der Waals surface area (Å²) in [5.74, 6) is 0.0843. The Balaban J connectivity index is 2.17. The van der Waals surface area contributed by atoms with Gasteiger partial charge >= 0.3 is 6.09 Å². The van der Waals surface area contributed by atoms with Gasteiger partial charge in [-0.15, -0.1) is 0 Å². The van der Waals surface area contributed by atoms with Gasteiger partial charge in [0.25, 0.3) is 0 Å². The van der Waals surface area contributed by atoms with Crippen LogP contribution in [0.4, 0.5) is 9.18 Å². The van der Waals surface area contributed by atoms with Crippen molar-refractivity contribution in [2.45, 2.75) is 0 Å². The molecule has 16 heavy (non-hydrogen) atoms. The molecule has 1 aromatic carbocycles. The van der Waals surface area contributed by atoms with Gasteiger partial charge in [-0.25, -0.2) is 9.18 Å². The molecular weight excluding hydrogens is 215 g/mol. The first-order chi connectivity index (χ1) is 7.65. The minimum atomic E-state index is -1.21. The molecule has 0 aliphatic heterocycles. The van der Waals surface area contributed by atoms with E-state index in [0.717, 1.165) is 0 Å². The van der Waals surface area contributed by atoms with Gasteiger partial charge in [0.15, 0.2) is 5.75 Å². The minimum Gasteiger partial charge on any atom is -0.463 e. The molecule has 0 amide bonds. The first kappa shape index (κ1) is 10.2. The van der Waals surface area contributed by atoms with Crippen molar-refractivity contribution in [2.75, 3.05) is 0 Å². The van der Waals surface area contributed by atoms with Crippen molar-refractivity contribution >= 4 is 6.09 Å². The van der Waals surface area contributed by atoms with Gasteiger partial charge in [0, 0.05) is 6.07 Å². The predicted molar refractivity (Wildman–Crippen MR) is 52.1 cm³/mol. The molecule has 82 valence electrons. The van der Waals surface area contributed by atoms with Crippen molar-refractivity contribution in [2.24, 2.45) is 0 Å². The van der Waals surface area contributed by atoms with Crippen molar-refractivity contribution in [3.63, 3.8) is 0 Å². The number of hydrogen-bond acceptors (Lipinski definition) is 3. The Kier molecular flexibility index (Phi) is 2.55. The van der Waals surface area contributed by atoms with Crippen LogP contribution in [0.2, 0.25) is 0 Å². The second-order valence-corrected chi connectivity index (χ2v) is 2.96. The van der Waals surface area contributed by atoms with Gasteiger partial charge in [0.2, 0.25) is 0 Å². The van der Waals surface area contributed by atoms with E-state index >= 15 is 0 Å². The summed E-state index contributed by atoms with van der Waals surface area (Å²) in [5, 5.41) is 12.1. The molecule has 0 saturated heterocycles. The highest BCUT2D eigenvalue weighted by Gasteiger charge is 2.06. The van der Waals surface area contributed by atoms with E-state index in [1.807, 2.05) is 0 Å². The number of carboxylic acid groups (broad SMARTS) is 1. The van der Waals surface area contributed by atoms with Crippen molar-refractivity contribution in [3.05, 3.63) is 42.5 Å². The lowest BCUT2D eigenvalue weighted by Crippen LogP contribution is -2.07. The van der Waals surface area contributed by atoms with Crippen LogP contribution < -0.4 is 4.74 Å². The molecule has 1 aromatic heterocycles. The van der Waals surface area contributed by atoms with Crippen molar-refractivity contribution in [3.8, 4) is 11.5 Å². The Labute approximate surface area is 89.7 Å². The SMILES string of the molecule is O=C(O)n1cc(Oc2cccc(F)c2)cn1. The largest absolute Gasteiger partial charge is 0.463 e. The maximum atomic E-state index is 12.8. The molecule has 0 aliphatic rings. The quantitative estimate of drug-likeness (QED) is 0.846. The summed E-state index contributed by atoms with van der Waals surface area (Å²) >= 11 is 0. The minimum absolute atomic E-state index is 0.230. The average Bonchev–Trinajstić information content (AvgIpc) is 2.66. The van der Waals surface area contributed by atoms with Crippen molar-refractivity contribution in [1.29, 1.82) is 0 Å². The predicted octanol–water partition coefficient (Wildman–Crippen LogP) is 2.34. The molecule has 0 spiro atoms. The Morgan fingerprint density at radius 1 is 1.44 bits per heavy atom. The number of nitrogens with zero attached hydrogens (tertiary/aromatic N) is 2. The number of rotatable bonds is 2. The smallest absolute Gasteiger partial charge is 0.432 e. The van der Waals surface area contributed by atoms with Gasteiger partial charge in [0.1, 0.15) is 11.6 Å². The van der Waals surface area contributed by atoms with E-state index in [2.05, 4.69) is 5.10 Å². The van der Waals surface area contributed by atoms with E-state index in [1.165, 1.54) is 30.6 Å². The van der Waals surface area contributed by atoms with Gasteiger partial charge in [0.05, 0.1) is 12.4 Å². The summed E-state index contributed by atoms with van der Waals surface area (Å²) < 4.78 is 18.7. The lowest BCUT2D eigenvalue weighted by molar-refractivity contribution is 0.192. The number of aromatic nitrogens is 2. The molecule has 2 rings (SSSR count). The van der Waals surface area contributed by atoms with Crippen molar-refractivity contribution in [1.82, 2.24) is 9.78 Å². The molecule has 0 saturated carbocycles. The number of ether oxygens (including phenoxy) is 1. The fourth-order valence-corrected chi connectivity index (χ4v) is 1.13. The van der Waals surface area contributed by atoms with Gasteiger partial charge in [-0.3, -0.25) is 0 Å². The zero-order chi connectivity index (χ0) is 11.5. The number of benzene rings is 1. The summed E-state index contributed by atoms with van der Waals surface area (Å²) in [4.78, 5) is 10.5. The van der Waals surface area contributed by atoms with Crippen LogP contribution in [0.1, 0.15) is 0 Å². The molecule has 0 unspecified atom stereocenters. The summed E-state index contributed by atoms with van der Waals surface area (Å²) in [5.41, 5.74) is 0. The molecule has 2 aromatic rings. The average molecular weight is 222 g/mol. The highest BCUT2D eigenvalue weighted by atomic mass is 19.1. The van der Waals surface area contributed by atoms with Gasteiger partial charge in [-0.05, 0) is 12.1 Å². The molecule has 5 nitrogen and oxygen atoms in total. The molecule has 0 radical (unpaired) electrons. The summed E-state index contributed by atoms with van der Waals surface area (Å²) in [6.45, 7) is 0. The van der Waals surface area contributed by atoms with Crippen molar-refractivity contribution < 1.29 is 19.0 Å². The fourth-order valence-electron chi connectivity index (χ4n) is 1.13. The number of carbonyl (C=O) groups is 1. The molecule has 0 bridgehead atoms. The number of hydrogen-bond donors (Lipinski definition) is 1. The normalized spacial score (nSPS) is 10.1. The van der Waals surface area contributed by atoms with Crippen LogP contribution in [-0.4, -0.2) is 21.0 Å².